The number of hydrogen-bond acceptors (Lipinski definition) is 4. The summed E-state index contributed by atoms with van der Waals surface area (Å²) in [6, 6.07) is 0. The lowest BCUT2D eigenvalue weighted by atomic mass is 9.94. The third-order valence-corrected chi connectivity index (χ3v) is 3.44. The summed E-state index contributed by atoms with van der Waals surface area (Å²) in [5.41, 5.74) is -0.640. The molecule has 1 unspecified atom stereocenters. The number of rotatable bonds is 5. The van der Waals surface area contributed by atoms with Crippen LogP contribution in [0.15, 0.2) is 0 Å². The lowest BCUT2D eigenvalue weighted by Crippen LogP contribution is -2.47. The van der Waals surface area contributed by atoms with Crippen LogP contribution in [-0.4, -0.2) is 65.5 Å². The maximum atomic E-state index is 10.2. The van der Waals surface area contributed by atoms with Gasteiger partial charge in [-0.2, -0.15) is 0 Å². The Morgan fingerprint density at radius 2 is 2.07 bits per heavy atom. The zero-order valence-corrected chi connectivity index (χ0v) is 10.7. The van der Waals surface area contributed by atoms with Gasteiger partial charge in [0.2, 0.25) is 0 Å². The molecule has 1 saturated heterocycles. The molecule has 2 N–H and O–H groups in total. The second-order valence-electron chi connectivity index (χ2n) is 4.34. The Morgan fingerprint density at radius 3 is 2.60 bits per heavy atom. The van der Waals surface area contributed by atoms with Crippen LogP contribution in [0.25, 0.3) is 0 Å². The van der Waals surface area contributed by atoms with Crippen LogP contribution in [-0.2, 0) is 4.74 Å². The highest BCUT2D eigenvalue weighted by Gasteiger charge is 2.31. The second-order valence-corrected chi connectivity index (χ2v) is 4.99. The highest BCUT2D eigenvalue weighted by Crippen LogP contribution is 2.21. The van der Waals surface area contributed by atoms with Gasteiger partial charge in [0.25, 0.3) is 0 Å². The molecule has 0 amide bonds. The number of hydrogen-bond donors (Lipinski definition) is 2. The van der Waals surface area contributed by atoms with Crippen molar-refractivity contribution in [2.75, 3.05) is 38.7 Å². The van der Waals surface area contributed by atoms with E-state index in [2.05, 4.69) is 15.9 Å². The standard InChI is InChI=1S/C10H20BrNO3/c1-12(7-9(13)6-11)8-10(14)2-4-15-5-3-10/h9,13-14H,2-8H2,1H3. The van der Waals surface area contributed by atoms with E-state index in [4.69, 9.17) is 4.74 Å². The molecule has 1 fully saturated rings. The molecule has 0 aromatic heterocycles. The SMILES string of the molecule is CN(CC(O)CBr)CC1(O)CCOCC1. The average Bonchev–Trinajstić information content (AvgIpc) is 2.17. The summed E-state index contributed by atoms with van der Waals surface area (Å²) in [5, 5.41) is 20.2. The molecule has 1 heterocycles. The summed E-state index contributed by atoms with van der Waals surface area (Å²) in [7, 11) is 1.92. The van der Waals surface area contributed by atoms with Gasteiger partial charge in [0, 0.05) is 44.5 Å². The van der Waals surface area contributed by atoms with Crippen LogP contribution in [0.2, 0.25) is 0 Å². The highest BCUT2D eigenvalue weighted by atomic mass is 79.9. The van der Waals surface area contributed by atoms with E-state index in [0.717, 1.165) is 0 Å². The molecule has 0 aromatic rings. The van der Waals surface area contributed by atoms with Gasteiger partial charge in [-0.1, -0.05) is 15.9 Å². The molecular formula is C10H20BrNO3. The van der Waals surface area contributed by atoms with E-state index in [-0.39, 0.29) is 6.10 Å². The lowest BCUT2D eigenvalue weighted by molar-refractivity contribution is -0.0792. The first-order chi connectivity index (χ1) is 7.06. The average molecular weight is 282 g/mol. The van der Waals surface area contributed by atoms with Crippen molar-refractivity contribution in [3.63, 3.8) is 0 Å². The van der Waals surface area contributed by atoms with Gasteiger partial charge >= 0.3 is 0 Å². The van der Waals surface area contributed by atoms with Crippen LogP contribution in [0.1, 0.15) is 12.8 Å². The largest absolute Gasteiger partial charge is 0.391 e. The molecule has 1 aliphatic heterocycles. The molecule has 4 nitrogen and oxygen atoms in total. The van der Waals surface area contributed by atoms with E-state index in [0.29, 0.717) is 44.5 Å². The Hall–Kier alpha value is 0.320. The van der Waals surface area contributed by atoms with Crippen LogP contribution in [0, 0.1) is 0 Å². The fourth-order valence-electron chi connectivity index (χ4n) is 1.89. The van der Waals surface area contributed by atoms with E-state index in [1.807, 2.05) is 11.9 Å². The summed E-state index contributed by atoms with van der Waals surface area (Å²) >= 11 is 3.22. The minimum absolute atomic E-state index is 0.376. The Balaban J connectivity index is 2.31. The van der Waals surface area contributed by atoms with E-state index in [1.54, 1.807) is 0 Å². The van der Waals surface area contributed by atoms with Crippen LogP contribution in [0.5, 0.6) is 0 Å². The number of likely N-dealkylation sites (N-methyl/N-ethyl adjacent to an activating group) is 1. The van der Waals surface area contributed by atoms with Gasteiger partial charge in [0.05, 0.1) is 11.7 Å². The van der Waals surface area contributed by atoms with E-state index >= 15 is 0 Å². The van der Waals surface area contributed by atoms with E-state index in [9.17, 15) is 10.2 Å². The molecule has 90 valence electrons. The monoisotopic (exact) mass is 281 g/mol. The zero-order chi connectivity index (χ0) is 11.3. The van der Waals surface area contributed by atoms with Crippen molar-refractivity contribution in [3.8, 4) is 0 Å². The molecular weight excluding hydrogens is 262 g/mol. The van der Waals surface area contributed by atoms with Crippen molar-refractivity contribution >= 4 is 15.9 Å². The van der Waals surface area contributed by atoms with Crippen molar-refractivity contribution in [3.05, 3.63) is 0 Å². The third-order valence-electron chi connectivity index (χ3n) is 2.69. The molecule has 1 rings (SSSR count). The number of aliphatic hydroxyl groups excluding tert-OH is 1. The van der Waals surface area contributed by atoms with Crippen molar-refractivity contribution in [2.24, 2.45) is 0 Å². The van der Waals surface area contributed by atoms with Gasteiger partial charge in [-0.25, -0.2) is 0 Å². The summed E-state index contributed by atoms with van der Waals surface area (Å²) < 4.78 is 5.21. The first-order valence-electron chi connectivity index (χ1n) is 5.28. The maximum Gasteiger partial charge on any atom is 0.0817 e. The molecule has 0 saturated carbocycles. The lowest BCUT2D eigenvalue weighted by Gasteiger charge is -2.35. The number of nitrogens with zero attached hydrogens (tertiary/aromatic N) is 1. The van der Waals surface area contributed by atoms with Crippen molar-refractivity contribution in [1.29, 1.82) is 0 Å². The predicted octanol–water partition coefficient (Wildman–Crippen LogP) is 0.215. The van der Waals surface area contributed by atoms with Gasteiger partial charge < -0.3 is 19.8 Å². The quantitative estimate of drug-likeness (QED) is 0.708. The summed E-state index contributed by atoms with van der Waals surface area (Å²) in [6.45, 7) is 2.44. The topological polar surface area (TPSA) is 52.9 Å². The van der Waals surface area contributed by atoms with Gasteiger partial charge in [-0.15, -0.1) is 0 Å². The number of halogens is 1. The van der Waals surface area contributed by atoms with Crippen LogP contribution in [0.3, 0.4) is 0 Å². The first-order valence-corrected chi connectivity index (χ1v) is 6.40. The smallest absolute Gasteiger partial charge is 0.0817 e. The van der Waals surface area contributed by atoms with Crippen molar-refractivity contribution in [2.45, 2.75) is 24.5 Å². The van der Waals surface area contributed by atoms with Crippen molar-refractivity contribution < 1.29 is 14.9 Å². The second kappa shape index (κ2) is 6.15. The Kier molecular flexibility index (Phi) is 5.49. The number of aliphatic hydroxyl groups is 2. The van der Waals surface area contributed by atoms with Gasteiger partial charge in [-0.05, 0) is 7.05 Å². The Morgan fingerprint density at radius 1 is 1.47 bits per heavy atom. The Bertz CT molecular complexity index is 186. The van der Waals surface area contributed by atoms with Crippen molar-refractivity contribution in [1.82, 2.24) is 4.90 Å². The van der Waals surface area contributed by atoms with E-state index in [1.165, 1.54) is 0 Å². The number of alkyl halides is 1. The molecule has 5 heteroatoms. The molecule has 0 radical (unpaired) electrons. The summed E-state index contributed by atoms with van der Waals surface area (Å²) in [4.78, 5) is 1.97. The summed E-state index contributed by atoms with van der Waals surface area (Å²) in [5.74, 6) is 0. The third kappa shape index (κ3) is 4.78. The molecule has 0 bridgehead atoms. The predicted molar refractivity (Wildman–Crippen MR) is 62.3 cm³/mol. The van der Waals surface area contributed by atoms with Gasteiger partial charge in [0.15, 0.2) is 0 Å². The van der Waals surface area contributed by atoms with Gasteiger partial charge in [-0.3, -0.25) is 0 Å². The fraction of sp³-hybridized carbons (Fsp3) is 1.00. The van der Waals surface area contributed by atoms with Gasteiger partial charge in [0.1, 0.15) is 0 Å². The van der Waals surface area contributed by atoms with E-state index < -0.39 is 5.60 Å². The molecule has 1 atom stereocenters. The molecule has 0 aliphatic carbocycles. The normalized spacial score (nSPS) is 23.0. The molecule has 0 aromatic carbocycles. The van der Waals surface area contributed by atoms with Crippen LogP contribution < -0.4 is 0 Å². The highest BCUT2D eigenvalue weighted by molar-refractivity contribution is 9.09. The minimum atomic E-state index is -0.640. The summed E-state index contributed by atoms with van der Waals surface area (Å²) in [6.07, 6.45) is 0.988. The van der Waals surface area contributed by atoms with Crippen LogP contribution in [0.4, 0.5) is 0 Å². The Labute approximate surface area is 99.3 Å². The minimum Gasteiger partial charge on any atom is -0.391 e. The maximum absolute atomic E-state index is 10.2. The molecule has 1 aliphatic rings. The fourth-order valence-corrected chi connectivity index (χ4v) is 2.09. The van der Waals surface area contributed by atoms with Crippen LogP contribution >= 0.6 is 15.9 Å². The molecule has 0 spiro atoms. The molecule has 15 heavy (non-hydrogen) atoms. The zero-order valence-electron chi connectivity index (χ0n) is 9.15. The first kappa shape index (κ1) is 13.4. The number of ether oxygens (including phenoxy) is 1.